The quantitative estimate of drug-likeness (QED) is 0.634. The van der Waals surface area contributed by atoms with Crippen molar-refractivity contribution in [1.29, 1.82) is 0 Å². The van der Waals surface area contributed by atoms with E-state index in [1.165, 1.54) is 0 Å². The zero-order valence-electron chi connectivity index (χ0n) is 6.87. The van der Waals surface area contributed by atoms with Crippen molar-refractivity contribution in [3.63, 3.8) is 0 Å². The Morgan fingerprint density at radius 2 is 2.25 bits per heavy atom. The Bertz CT molecular complexity index is 340. The summed E-state index contributed by atoms with van der Waals surface area (Å²) in [7, 11) is 0. The summed E-state index contributed by atoms with van der Waals surface area (Å²) in [4.78, 5) is 0. The molecule has 2 rings (SSSR count). The van der Waals surface area contributed by atoms with E-state index in [4.69, 9.17) is 4.74 Å². The third-order valence-corrected chi connectivity index (χ3v) is 1.93. The van der Waals surface area contributed by atoms with Gasteiger partial charge in [0.15, 0.2) is 0 Å². The molecule has 0 amide bonds. The van der Waals surface area contributed by atoms with Crippen molar-refractivity contribution in [3.8, 4) is 5.75 Å². The lowest BCUT2D eigenvalue weighted by Crippen LogP contribution is -2.04. The Morgan fingerprint density at radius 1 is 1.42 bits per heavy atom. The largest absolute Gasteiger partial charge is 0.507 e. The number of hydrogen-bond donors (Lipinski definition) is 1. The first-order chi connectivity index (χ1) is 5.77. The van der Waals surface area contributed by atoms with Gasteiger partial charge in [-0.15, -0.1) is 0 Å². The number of hydrogen-bond acceptors (Lipinski definition) is 2. The van der Waals surface area contributed by atoms with E-state index in [1.54, 1.807) is 6.08 Å². The second kappa shape index (κ2) is 2.55. The standard InChI is InChI=1S/C10H10O2/c1-7-2-3-10-8(6-7)9(11)4-5-12-10/h2-4,6,11H,5H2,1H3. The summed E-state index contributed by atoms with van der Waals surface area (Å²) in [6.45, 7) is 2.45. The molecule has 0 fully saturated rings. The topological polar surface area (TPSA) is 29.5 Å². The van der Waals surface area contributed by atoms with Gasteiger partial charge in [-0.1, -0.05) is 11.6 Å². The minimum atomic E-state index is 0.319. The Kier molecular flexibility index (Phi) is 1.54. The highest BCUT2D eigenvalue weighted by molar-refractivity contribution is 5.66. The van der Waals surface area contributed by atoms with Crippen LogP contribution in [0.15, 0.2) is 24.3 Å². The third-order valence-electron chi connectivity index (χ3n) is 1.93. The molecule has 0 saturated carbocycles. The highest BCUT2D eigenvalue weighted by Gasteiger charge is 2.11. The summed E-state index contributed by atoms with van der Waals surface area (Å²) in [6, 6.07) is 5.77. The van der Waals surface area contributed by atoms with Crippen molar-refractivity contribution in [1.82, 2.24) is 0 Å². The van der Waals surface area contributed by atoms with Gasteiger partial charge in [0.25, 0.3) is 0 Å². The van der Waals surface area contributed by atoms with Crippen molar-refractivity contribution >= 4 is 5.76 Å². The first-order valence-electron chi connectivity index (χ1n) is 3.90. The number of benzene rings is 1. The van der Waals surface area contributed by atoms with Crippen LogP contribution >= 0.6 is 0 Å². The second-order valence-corrected chi connectivity index (χ2v) is 2.90. The maximum Gasteiger partial charge on any atom is 0.130 e. The molecule has 1 heterocycles. The molecule has 0 radical (unpaired) electrons. The van der Waals surface area contributed by atoms with E-state index in [9.17, 15) is 5.11 Å². The van der Waals surface area contributed by atoms with E-state index in [2.05, 4.69) is 0 Å². The molecular formula is C10H10O2. The zero-order chi connectivity index (χ0) is 8.55. The van der Waals surface area contributed by atoms with Crippen LogP contribution in [0, 0.1) is 6.92 Å². The summed E-state index contributed by atoms with van der Waals surface area (Å²) in [5, 5.41) is 9.47. The van der Waals surface area contributed by atoms with Crippen LogP contribution < -0.4 is 4.74 Å². The van der Waals surface area contributed by atoms with Crippen LogP contribution in [-0.4, -0.2) is 11.7 Å². The van der Waals surface area contributed by atoms with Crippen LogP contribution in [0.5, 0.6) is 5.75 Å². The molecule has 2 heteroatoms. The van der Waals surface area contributed by atoms with Crippen LogP contribution in [-0.2, 0) is 0 Å². The predicted molar refractivity (Wildman–Crippen MR) is 47.3 cm³/mol. The Balaban J connectivity index is 2.58. The minimum absolute atomic E-state index is 0.319. The second-order valence-electron chi connectivity index (χ2n) is 2.90. The molecule has 1 aliphatic heterocycles. The van der Waals surface area contributed by atoms with E-state index in [1.807, 2.05) is 25.1 Å². The average molecular weight is 162 g/mol. The van der Waals surface area contributed by atoms with Gasteiger partial charge in [0, 0.05) is 0 Å². The summed E-state index contributed by atoms with van der Waals surface area (Å²) < 4.78 is 5.31. The Labute approximate surface area is 71.1 Å². The molecule has 1 aromatic rings. The lowest BCUT2D eigenvalue weighted by atomic mass is 10.1. The maximum absolute atomic E-state index is 9.47. The summed E-state index contributed by atoms with van der Waals surface area (Å²) in [5.74, 6) is 1.08. The highest BCUT2D eigenvalue weighted by atomic mass is 16.5. The van der Waals surface area contributed by atoms with Crippen LogP contribution in [0.25, 0.3) is 5.76 Å². The molecule has 1 aromatic carbocycles. The van der Waals surface area contributed by atoms with Crippen LogP contribution in [0.3, 0.4) is 0 Å². The Hall–Kier alpha value is -1.44. The van der Waals surface area contributed by atoms with Gasteiger partial charge in [-0.2, -0.15) is 0 Å². The van der Waals surface area contributed by atoms with Crippen molar-refractivity contribution in [2.45, 2.75) is 6.92 Å². The lowest BCUT2D eigenvalue weighted by Gasteiger charge is -2.14. The van der Waals surface area contributed by atoms with Gasteiger partial charge in [-0.05, 0) is 25.1 Å². The number of ether oxygens (including phenoxy) is 1. The molecule has 62 valence electrons. The van der Waals surface area contributed by atoms with Crippen LogP contribution in [0.1, 0.15) is 11.1 Å². The molecule has 0 spiro atoms. The Morgan fingerprint density at radius 3 is 3.08 bits per heavy atom. The number of fused-ring (bicyclic) bond motifs is 1. The molecule has 0 bridgehead atoms. The molecule has 0 atom stereocenters. The first-order valence-corrected chi connectivity index (χ1v) is 3.90. The molecule has 1 N–H and O–H groups in total. The van der Waals surface area contributed by atoms with Crippen molar-refractivity contribution in [3.05, 3.63) is 35.4 Å². The van der Waals surface area contributed by atoms with E-state index in [0.717, 1.165) is 16.9 Å². The number of rotatable bonds is 0. The van der Waals surface area contributed by atoms with Crippen LogP contribution in [0.2, 0.25) is 0 Å². The average Bonchev–Trinajstić information content (AvgIpc) is 2.07. The highest BCUT2D eigenvalue weighted by Crippen LogP contribution is 2.28. The molecule has 0 aromatic heterocycles. The van der Waals surface area contributed by atoms with E-state index in [0.29, 0.717) is 12.4 Å². The summed E-state index contributed by atoms with van der Waals surface area (Å²) >= 11 is 0. The fraction of sp³-hybridized carbons (Fsp3) is 0.200. The zero-order valence-corrected chi connectivity index (χ0v) is 6.87. The van der Waals surface area contributed by atoms with Gasteiger partial charge >= 0.3 is 0 Å². The van der Waals surface area contributed by atoms with Crippen molar-refractivity contribution < 1.29 is 9.84 Å². The smallest absolute Gasteiger partial charge is 0.130 e. The number of aliphatic hydroxyl groups excluding tert-OH is 1. The predicted octanol–water partition coefficient (Wildman–Crippen LogP) is 2.29. The summed E-state index contributed by atoms with van der Waals surface area (Å²) in [6.07, 6.45) is 1.67. The molecular weight excluding hydrogens is 152 g/mol. The van der Waals surface area contributed by atoms with Crippen molar-refractivity contribution in [2.24, 2.45) is 0 Å². The SMILES string of the molecule is Cc1ccc2c(c1)C(O)=CCO2. The fourth-order valence-corrected chi connectivity index (χ4v) is 1.29. The molecule has 12 heavy (non-hydrogen) atoms. The van der Waals surface area contributed by atoms with E-state index < -0.39 is 0 Å². The number of aliphatic hydroxyl groups is 1. The van der Waals surface area contributed by atoms with Gasteiger partial charge in [-0.25, -0.2) is 0 Å². The maximum atomic E-state index is 9.47. The van der Waals surface area contributed by atoms with Crippen molar-refractivity contribution in [2.75, 3.05) is 6.61 Å². The molecule has 0 saturated heterocycles. The van der Waals surface area contributed by atoms with Crippen LogP contribution in [0.4, 0.5) is 0 Å². The van der Waals surface area contributed by atoms with Gasteiger partial charge < -0.3 is 9.84 Å². The van der Waals surface area contributed by atoms with Gasteiger partial charge in [0.1, 0.15) is 18.1 Å². The van der Waals surface area contributed by atoms with E-state index >= 15 is 0 Å². The molecule has 0 unspecified atom stereocenters. The molecule has 2 nitrogen and oxygen atoms in total. The van der Waals surface area contributed by atoms with E-state index in [-0.39, 0.29) is 0 Å². The van der Waals surface area contributed by atoms with Gasteiger partial charge in [-0.3, -0.25) is 0 Å². The minimum Gasteiger partial charge on any atom is -0.507 e. The molecule has 1 aliphatic rings. The monoisotopic (exact) mass is 162 g/mol. The fourth-order valence-electron chi connectivity index (χ4n) is 1.29. The normalized spacial score (nSPS) is 14.6. The van der Waals surface area contributed by atoms with Gasteiger partial charge in [0.05, 0.1) is 5.56 Å². The molecule has 0 aliphatic carbocycles. The first kappa shape index (κ1) is 7.22. The van der Waals surface area contributed by atoms with Gasteiger partial charge in [0.2, 0.25) is 0 Å². The summed E-state index contributed by atoms with van der Waals surface area (Å²) in [5.41, 5.74) is 1.92. The third kappa shape index (κ3) is 1.05. The lowest BCUT2D eigenvalue weighted by molar-refractivity contribution is 0.345. The number of aryl methyl sites for hydroxylation is 1.